The first kappa shape index (κ1) is 24.8. The largest absolute Gasteiger partial charge is 0.469 e. The molecule has 5 aliphatic rings. The monoisotopic (exact) mass is 470 g/mol. The average molecular weight is 471 g/mol. The fourth-order valence-electron chi connectivity index (χ4n) is 11.7. The van der Waals surface area contributed by atoms with Crippen LogP contribution in [0.1, 0.15) is 106 Å². The number of carbonyl (C=O) groups is 1. The van der Waals surface area contributed by atoms with E-state index in [0.717, 1.165) is 38.5 Å². The molecule has 0 spiro atoms. The minimum atomic E-state index is -0.302. The standard InChI is InChI=1S/C31H50O3/c1-19(2)20-11-16-31(26(33)34-8)18-17-29(6)21(25(20)31)9-10-23-28(5)14-13-24(32)27(3,4)22(28)12-15-30(23,29)7/h20-25,32H,1,9-18H2,2-8H3/t20-,21?,22?,23?,24?,25?,28-,29+,30+,31?/m0/s1. The maximum Gasteiger partial charge on any atom is 0.312 e. The van der Waals surface area contributed by atoms with Crippen LogP contribution in [-0.4, -0.2) is 24.3 Å². The summed E-state index contributed by atoms with van der Waals surface area (Å²) in [6.45, 7) is 19.1. The van der Waals surface area contributed by atoms with Crippen LogP contribution < -0.4 is 0 Å². The van der Waals surface area contributed by atoms with Gasteiger partial charge in [-0.1, -0.05) is 46.8 Å². The molecule has 1 N–H and O–H groups in total. The Morgan fingerprint density at radius 3 is 2.21 bits per heavy atom. The number of ether oxygens (including phenoxy) is 1. The second kappa shape index (κ2) is 7.59. The molecule has 192 valence electrons. The highest BCUT2D eigenvalue weighted by Gasteiger charge is 2.72. The summed E-state index contributed by atoms with van der Waals surface area (Å²) in [5.74, 6) is 2.72. The second-order valence-electron chi connectivity index (χ2n) is 14.7. The van der Waals surface area contributed by atoms with Gasteiger partial charge in [-0.25, -0.2) is 0 Å². The third-order valence-electron chi connectivity index (χ3n) is 13.6. The fraction of sp³-hybridized carbons (Fsp3) is 0.903. The lowest BCUT2D eigenvalue weighted by molar-refractivity contribution is -0.248. The van der Waals surface area contributed by atoms with Crippen LogP contribution in [0.2, 0.25) is 0 Å². The minimum Gasteiger partial charge on any atom is -0.469 e. The van der Waals surface area contributed by atoms with Crippen LogP contribution in [0.4, 0.5) is 0 Å². The maximum atomic E-state index is 13.3. The van der Waals surface area contributed by atoms with E-state index < -0.39 is 0 Å². The van der Waals surface area contributed by atoms with Crippen molar-refractivity contribution < 1.29 is 14.6 Å². The molecule has 3 heteroatoms. The highest BCUT2D eigenvalue weighted by molar-refractivity contribution is 5.78. The summed E-state index contributed by atoms with van der Waals surface area (Å²) in [6, 6.07) is 0. The zero-order valence-corrected chi connectivity index (χ0v) is 23.0. The van der Waals surface area contributed by atoms with Crippen LogP contribution in [0.15, 0.2) is 12.2 Å². The minimum absolute atomic E-state index is 0.00478. The molecule has 5 saturated carbocycles. The summed E-state index contributed by atoms with van der Waals surface area (Å²) in [5, 5.41) is 10.9. The van der Waals surface area contributed by atoms with Crippen molar-refractivity contribution in [2.24, 2.45) is 56.7 Å². The number of esters is 1. The van der Waals surface area contributed by atoms with Gasteiger partial charge in [0.05, 0.1) is 18.6 Å². The van der Waals surface area contributed by atoms with Crippen molar-refractivity contribution in [3.05, 3.63) is 12.2 Å². The number of carbonyl (C=O) groups excluding carboxylic acids is 1. The molecule has 0 aromatic heterocycles. The van der Waals surface area contributed by atoms with E-state index in [4.69, 9.17) is 4.74 Å². The molecule has 3 nitrogen and oxygen atoms in total. The first-order chi connectivity index (χ1) is 15.8. The van der Waals surface area contributed by atoms with E-state index in [-0.39, 0.29) is 33.7 Å². The van der Waals surface area contributed by atoms with E-state index in [1.165, 1.54) is 31.3 Å². The third kappa shape index (κ3) is 2.83. The molecule has 5 aliphatic carbocycles. The van der Waals surface area contributed by atoms with Gasteiger partial charge in [0.25, 0.3) is 0 Å². The van der Waals surface area contributed by atoms with Crippen molar-refractivity contribution in [3.8, 4) is 0 Å². The van der Waals surface area contributed by atoms with Crippen LogP contribution >= 0.6 is 0 Å². The van der Waals surface area contributed by atoms with Gasteiger partial charge in [-0.2, -0.15) is 0 Å². The molecule has 0 bridgehead atoms. The Bertz CT molecular complexity index is 876. The van der Waals surface area contributed by atoms with Crippen LogP contribution in [0.25, 0.3) is 0 Å². The van der Waals surface area contributed by atoms with Crippen LogP contribution in [0, 0.1) is 56.7 Å². The third-order valence-corrected chi connectivity index (χ3v) is 13.6. The lowest BCUT2D eigenvalue weighted by atomic mass is 9.32. The first-order valence-corrected chi connectivity index (χ1v) is 14.2. The number of aliphatic hydroxyl groups is 1. The molecule has 0 aromatic carbocycles. The Morgan fingerprint density at radius 1 is 0.853 bits per heavy atom. The van der Waals surface area contributed by atoms with E-state index in [9.17, 15) is 9.90 Å². The molecule has 5 rings (SSSR count). The van der Waals surface area contributed by atoms with Crippen molar-refractivity contribution in [2.45, 2.75) is 112 Å². The Hall–Kier alpha value is -0.830. The van der Waals surface area contributed by atoms with Crippen molar-refractivity contribution >= 4 is 5.97 Å². The van der Waals surface area contributed by atoms with Gasteiger partial charge in [0, 0.05) is 0 Å². The summed E-state index contributed by atoms with van der Waals surface area (Å²) in [7, 11) is 1.59. The zero-order valence-electron chi connectivity index (χ0n) is 23.0. The summed E-state index contributed by atoms with van der Waals surface area (Å²) >= 11 is 0. The van der Waals surface area contributed by atoms with Gasteiger partial charge in [0.15, 0.2) is 0 Å². The molecule has 0 saturated heterocycles. The SMILES string of the molecule is C=C(C)[C@@H]1CCC2(C(=O)OC)CC[C@]3(C)C(CCC4[C@@]5(C)CCC(O)C(C)(C)C5CC[C@]43C)C12. The van der Waals surface area contributed by atoms with Crippen molar-refractivity contribution in [3.63, 3.8) is 0 Å². The van der Waals surface area contributed by atoms with Crippen molar-refractivity contribution in [1.29, 1.82) is 0 Å². The van der Waals surface area contributed by atoms with Gasteiger partial charge >= 0.3 is 5.97 Å². The number of methoxy groups -OCH3 is 1. The molecule has 34 heavy (non-hydrogen) atoms. The summed E-state index contributed by atoms with van der Waals surface area (Å²) < 4.78 is 5.49. The van der Waals surface area contributed by atoms with E-state index in [0.29, 0.717) is 35.0 Å². The predicted molar refractivity (Wildman–Crippen MR) is 137 cm³/mol. The number of fused-ring (bicyclic) bond motifs is 7. The van der Waals surface area contributed by atoms with Crippen molar-refractivity contribution in [2.75, 3.05) is 7.11 Å². The number of hydrogen-bond donors (Lipinski definition) is 1. The van der Waals surface area contributed by atoms with E-state index >= 15 is 0 Å². The summed E-state index contributed by atoms with van der Waals surface area (Å²) in [6.07, 6.45) is 11.1. The molecular formula is C31H50O3. The van der Waals surface area contributed by atoms with Gasteiger partial charge in [-0.3, -0.25) is 4.79 Å². The topological polar surface area (TPSA) is 46.5 Å². The van der Waals surface area contributed by atoms with Gasteiger partial charge in [-0.15, -0.1) is 0 Å². The van der Waals surface area contributed by atoms with Crippen LogP contribution in [-0.2, 0) is 9.53 Å². The van der Waals surface area contributed by atoms with Crippen LogP contribution in [0.3, 0.4) is 0 Å². The normalized spacial score (nSPS) is 53.6. The Labute approximate surface area is 208 Å². The lowest BCUT2D eigenvalue weighted by Crippen LogP contribution is -2.67. The highest BCUT2D eigenvalue weighted by Crippen LogP contribution is 2.77. The molecular weight excluding hydrogens is 420 g/mol. The number of rotatable bonds is 2. The number of hydrogen-bond acceptors (Lipinski definition) is 3. The Balaban J connectivity index is 1.56. The highest BCUT2D eigenvalue weighted by atomic mass is 16.5. The van der Waals surface area contributed by atoms with Gasteiger partial charge in [0.2, 0.25) is 0 Å². The summed E-state index contributed by atoms with van der Waals surface area (Å²) in [5.41, 5.74) is 1.78. The molecule has 0 heterocycles. The molecule has 10 atom stereocenters. The first-order valence-electron chi connectivity index (χ1n) is 14.2. The van der Waals surface area contributed by atoms with Gasteiger partial charge < -0.3 is 9.84 Å². The Morgan fingerprint density at radius 2 is 1.56 bits per heavy atom. The quantitative estimate of drug-likeness (QED) is 0.343. The summed E-state index contributed by atoms with van der Waals surface area (Å²) in [4.78, 5) is 13.3. The van der Waals surface area contributed by atoms with Crippen molar-refractivity contribution in [1.82, 2.24) is 0 Å². The lowest BCUT2D eigenvalue weighted by Gasteiger charge is -2.72. The molecule has 6 unspecified atom stereocenters. The smallest absolute Gasteiger partial charge is 0.312 e. The van der Waals surface area contributed by atoms with Gasteiger partial charge in [-0.05, 0) is 122 Å². The van der Waals surface area contributed by atoms with E-state index in [1.54, 1.807) is 7.11 Å². The second-order valence-corrected chi connectivity index (χ2v) is 14.7. The molecule has 0 aliphatic heterocycles. The molecule has 0 amide bonds. The average Bonchev–Trinajstić information content (AvgIpc) is 3.18. The number of aliphatic hydroxyl groups excluding tert-OH is 1. The number of allylic oxidation sites excluding steroid dienone is 1. The molecule has 0 aromatic rings. The molecule has 0 radical (unpaired) electrons. The maximum absolute atomic E-state index is 13.3. The Kier molecular flexibility index (Phi) is 5.55. The molecule has 5 fully saturated rings. The van der Waals surface area contributed by atoms with E-state index in [2.05, 4.69) is 48.1 Å². The fourth-order valence-corrected chi connectivity index (χ4v) is 11.7. The zero-order chi connectivity index (χ0) is 24.9. The van der Waals surface area contributed by atoms with Gasteiger partial charge in [0.1, 0.15) is 0 Å². The van der Waals surface area contributed by atoms with E-state index in [1.807, 2.05) is 0 Å². The predicted octanol–water partition coefficient (Wildman–Crippen LogP) is 7.18. The van der Waals surface area contributed by atoms with Crippen LogP contribution in [0.5, 0.6) is 0 Å².